The number of alkyl halides is 3. The van der Waals surface area contributed by atoms with E-state index in [0.717, 1.165) is 5.69 Å². The summed E-state index contributed by atoms with van der Waals surface area (Å²) < 4.78 is 39.8. The number of hydrogen-bond acceptors (Lipinski definition) is 5. The zero-order chi connectivity index (χ0) is 13.6. The summed E-state index contributed by atoms with van der Waals surface area (Å²) in [5.41, 5.74) is 0.757. The molecule has 0 aromatic carbocycles. The molecule has 0 aliphatic heterocycles. The fourth-order valence-electron chi connectivity index (χ4n) is 1.21. The van der Waals surface area contributed by atoms with E-state index in [1.165, 1.54) is 0 Å². The standard InChI is InChI=1S/C10H15F3N4O/c1-7-5-8(17-9(14-2)16-7)15-3-4-18-6-10(11,12)13/h5H,3-4,6H2,1-2H3,(H2,14,15,16,17). The Balaban J connectivity index is 2.33. The van der Waals surface area contributed by atoms with Crippen molar-refractivity contribution < 1.29 is 17.9 Å². The van der Waals surface area contributed by atoms with Gasteiger partial charge in [-0.05, 0) is 6.92 Å². The van der Waals surface area contributed by atoms with Crippen molar-refractivity contribution in [2.45, 2.75) is 13.1 Å². The Morgan fingerprint density at radius 2 is 2.06 bits per heavy atom. The molecule has 0 fully saturated rings. The van der Waals surface area contributed by atoms with E-state index in [-0.39, 0.29) is 13.2 Å². The quantitative estimate of drug-likeness (QED) is 0.767. The van der Waals surface area contributed by atoms with Gasteiger partial charge >= 0.3 is 6.18 Å². The second kappa shape index (κ2) is 6.39. The van der Waals surface area contributed by atoms with Gasteiger partial charge < -0.3 is 15.4 Å². The molecule has 1 aromatic rings. The van der Waals surface area contributed by atoms with Crippen LogP contribution in [0.4, 0.5) is 24.9 Å². The van der Waals surface area contributed by atoms with E-state index < -0.39 is 12.8 Å². The average Bonchev–Trinajstić information content (AvgIpc) is 2.26. The Morgan fingerprint density at radius 1 is 1.33 bits per heavy atom. The lowest BCUT2D eigenvalue weighted by molar-refractivity contribution is -0.172. The van der Waals surface area contributed by atoms with E-state index in [0.29, 0.717) is 11.8 Å². The van der Waals surface area contributed by atoms with Crippen LogP contribution in [0.5, 0.6) is 0 Å². The molecular weight excluding hydrogens is 249 g/mol. The summed E-state index contributed by atoms with van der Waals surface area (Å²) in [5, 5.41) is 5.65. The third-order valence-electron chi connectivity index (χ3n) is 1.90. The van der Waals surface area contributed by atoms with Crippen molar-refractivity contribution in [2.24, 2.45) is 0 Å². The highest BCUT2D eigenvalue weighted by Crippen LogP contribution is 2.14. The zero-order valence-electron chi connectivity index (χ0n) is 10.1. The van der Waals surface area contributed by atoms with Crippen molar-refractivity contribution in [3.8, 4) is 0 Å². The van der Waals surface area contributed by atoms with E-state index in [9.17, 15) is 13.2 Å². The molecule has 0 radical (unpaired) electrons. The molecule has 8 heteroatoms. The first-order chi connectivity index (χ1) is 8.40. The summed E-state index contributed by atoms with van der Waals surface area (Å²) in [6.07, 6.45) is -4.29. The Morgan fingerprint density at radius 3 is 2.67 bits per heavy atom. The van der Waals surface area contributed by atoms with Crippen LogP contribution in [0.15, 0.2) is 6.07 Å². The zero-order valence-corrected chi connectivity index (χ0v) is 10.1. The van der Waals surface area contributed by atoms with Gasteiger partial charge in [-0.2, -0.15) is 18.2 Å². The maximum Gasteiger partial charge on any atom is 0.411 e. The predicted octanol–water partition coefficient (Wildman–Crippen LogP) is 1.82. The maximum absolute atomic E-state index is 11.8. The second-order valence-electron chi connectivity index (χ2n) is 3.56. The Labute approximate surface area is 103 Å². The van der Waals surface area contributed by atoms with Gasteiger partial charge in [0.2, 0.25) is 5.95 Å². The molecule has 0 bridgehead atoms. The van der Waals surface area contributed by atoms with Crippen LogP contribution in [-0.4, -0.2) is 43.0 Å². The van der Waals surface area contributed by atoms with Crippen molar-refractivity contribution in [3.05, 3.63) is 11.8 Å². The van der Waals surface area contributed by atoms with Gasteiger partial charge in [0.1, 0.15) is 12.4 Å². The molecule has 102 valence electrons. The topological polar surface area (TPSA) is 59.1 Å². The molecular formula is C10H15F3N4O. The molecule has 2 N–H and O–H groups in total. The molecule has 0 atom stereocenters. The van der Waals surface area contributed by atoms with Crippen molar-refractivity contribution in [1.29, 1.82) is 0 Å². The summed E-state index contributed by atoms with van der Waals surface area (Å²) >= 11 is 0. The van der Waals surface area contributed by atoms with Crippen molar-refractivity contribution in [1.82, 2.24) is 9.97 Å². The SMILES string of the molecule is CNc1nc(C)cc(NCCOCC(F)(F)F)n1. The molecule has 0 aliphatic carbocycles. The average molecular weight is 264 g/mol. The first-order valence-electron chi connectivity index (χ1n) is 5.32. The molecule has 1 heterocycles. The lowest BCUT2D eigenvalue weighted by Gasteiger charge is -2.10. The molecule has 0 amide bonds. The van der Waals surface area contributed by atoms with E-state index in [1.807, 2.05) is 0 Å². The van der Waals surface area contributed by atoms with E-state index >= 15 is 0 Å². The number of nitrogens with zero attached hydrogens (tertiary/aromatic N) is 2. The third-order valence-corrected chi connectivity index (χ3v) is 1.90. The molecule has 1 rings (SSSR count). The molecule has 0 saturated heterocycles. The smallest absolute Gasteiger partial charge is 0.370 e. The van der Waals surface area contributed by atoms with Crippen LogP contribution in [0.25, 0.3) is 0 Å². The number of aromatic nitrogens is 2. The van der Waals surface area contributed by atoms with E-state index in [4.69, 9.17) is 0 Å². The van der Waals surface area contributed by atoms with Crippen molar-refractivity contribution >= 4 is 11.8 Å². The van der Waals surface area contributed by atoms with Crippen LogP contribution < -0.4 is 10.6 Å². The van der Waals surface area contributed by atoms with Crippen LogP contribution in [-0.2, 0) is 4.74 Å². The van der Waals surface area contributed by atoms with Crippen molar-refractivity contribution in [2.75, 3.05) is 37.4 Å². The monoisotopic (exact) mass is 264 g/mol. The van der Waals surface area contributed by atoms with Crippen LogP contribution in [0, 0.1) is 6.92 Å². The summed E-state index contributed by atoms with van der Waals surface area (Å²) in [6.45, 7) is 0.764. The van der Waals surface area contributed by atoms with Gasteiger partial charge in [0.25, 0.3) is 0 Å². The number of anilines is 2. The third kappa shape index (κ3) is 5.67. The van der Waals surface area contributed by atoms with Gasteiger partial charge in [0, 0.05) is 25.4 Å². The summed E-state index contributed by atoms with van der Waals surface area (Å²) in [6, 6.07) is 1.70. The molecule has 5 nitrogen and oxygen atoms in total. The molecule has 0 spiro atoms. The van der Waals surface area contributed by atoms with E-state index in [2.05, 4.69) is 25.3 Å². The number of nitrogens with one attached hydrogen (secondary N) is 2. The lowest BCUT2D eigenvalue weighted by Crippen LogP contribution is -2.20. The van der Waals surface area contributed by atoms with Gasteiger partial charge in [-0.1, -0.05) is 0 Å². The van der Waals surface area contributed by atoms with E-state index in [1.54, 1.807) is 20.0 Å². The second-order valence-corrected chi connectivity index (χ2v) is 3.56. The molecule has 0 unspecified atom stereocenters. The van der Waals surface area contributed by atoms with Crippen LogP contribution in [0.2, 0.25) is 0 Å². The lowest BCUT2D eigenvalue weighted by atomic mass is 10.4. The van der Waals surface area contributed by atoms with Crippen LogP contribution in [0.1, 0.15) is 5.69 Å². The van der Waals surface area contributed by atoms with Gasteiger partial charge in [-0.3, -0.25) is 0 Å². The van der Waals surface area contributed by atoms with Crippen LogP contribution in [0.3, 0.4) is 0 Å². The summed E-state index contributed by atoms with van der Waals surface area (Å²) in [4.78, 5) is 8.17. The Kier molecular flexibility index (Phi) is 5.14. The highest BCUT2D eigenvalue weighted by atomic mass is 19.4. The Hall–Kier alpha value is -1.57. The predicted molar refractivity (Wildman–Crippen MR) is 61.7 cm³/mol. The highest BCUT2D eigenvalue weighted by Gasteiger charge is 2.27. The van der Waals surface area contributed by atoms with Gasteiger partial charge in [0.05, 0.1) is 6.61 Å². The Bertz CT molecular complexity index is 384. The minimum absolute atomic E-state index is 0.0442. The maximum atomic E-state index is 11.8. The molecule has 18 heavy (non-hydrogen) atoms. The highest BCUT2D eigenvalue weighted by molar-refractivity contribution is 5.41. The largest absolute Gasteiger partial charge is 0.411 e. The van der Waals surface area contributed by atoms with Crippen LogP contribution >= 0.6 is 0 Å². The minimum Gasteiger partial charge on any atom is -0.370 e. The minimum atomic E-state index is -4.29. The van der Waals surface area contributed by atoms with Gasteiger partial charge in [-0.25, -0.2) is 4.98 Å². The normalized spacial score (nSPS) is 11.4. The first kappa shape index (κ1) is 14.5. The number of aryl methyl sites for hydroxylation is 1. The summed E-state index contributed by atoms with van der Waals surface area (Å²) in [7, 11) is 1.69. The number of ether oxygens (including phenoxy) is 1. The fourth-order valence-corrected chi connectivity index (χ4v) is 1.21. The number of halogens is 3. The van der Waals surface area contributed by atoms with Gasteiger partial charge in [0.15, 0.2) is 0 Å². The number of rotatable bonds is 6. The molecule has 0 saturated carbocycles. The molecule has 0 aliphatic rings. The number of hydrogen-bond donors (Lipinski definition) is 2. The van der Waals surface area contributed by atoms with Gasteiger partial charge in [-0.15, -0.1) is 0 Å². The molecule has 1 aromatic heterocycles. The first-order valence-corrected chi connectivity index (χ1v) is 5.32. The van der Waals surface area contributed by atoms with Crippen molar-refractivity contribution in [3.63, 3.8) is 0 Å². The fraction of sp³-hybridized carbons (Fsp3) is 0.600. The summed E-state index contributed by atoms with van der Waals surface area (Å²) in [5.74, 6) is 0.996.